The summed E-state index contributed by atoms with van der Waals surface area (Å²) in [6.45, 7) is 4.53. The number of amides is 1. The van der Waals surface area contributed by atoms with Gasteiger partial charge in [0.1, 0.15) is 13.2 Å². The quantitative estimate of drug-likeness (QED) is 0.389. The number of carboxylic acids is 1. The Morgan fingerprint density at radius 3 is 2.12 bits per heavy atom. The van der Waals surface area contributed by atoms with E-state index in [0.29, 0.717) is 6.54 Å². The molecule has 0 aromatic carbocycles. The van der Waals surface area contributed by atoms with Gasteiger partial charge in [0.2, 0.25) is 5.91 Å². The van der Waals surface area contributed by atoms with Crippen LogP contribution in [0.15, 0.2) is 0 Å². The van der Waals surface area contributed by atoms with Gasteiger partial charge >= 0.3 is 5.97 Å². The van der Waals surface area contributed by atoms with Crippen molar-refractivity contribution in [3.05, 3.63) is 0 Å². The Bertz CT molecular complexity index is 320. The Kier molecular flexibility index (Phi) is 16.0. The summed E-state index contributed by atoms with van der Waals surface area (Å²) in [5.74, 6) is -0.463. The number of nitrogens with one attached hydrogen (secondary N) is 1. The topological polar surface area (TPSA) is 75.6 Å². The molecular formula is C19H37NO4. The molecule has 0 saturated carbocycles. The maximum Gasteiger partial charge on any atom is 0.329 e. The predicted octanol–water partition coefficient (Wildman–Crippen LogP) is 4.15. The van der Waals surface area contributed by atoms with E-state index in [1.807, 2.05) is 0 Å². The number of unbranched alkanes of at least 4 members (excludes halogenated alkanes) is 5. The Morgan fingerprint density at radius 2 is 1.50 bits per heavy atom. The highest BCUT2D eigenvalue weighted by Gasteiger charge is 2.08. The lowest BCUT2D eigenvalue weighted by molar-refractivity contribution is -0.143. The Morgan fingerprint density at radius 1 is 0.875 bits per heavy atom. The van der Waals surface area contributed by atoms with Crippen LogP contribution in [-0.4, -0.2) is 36.7 Å². The molecule has 1 amide bonds. The van der Waals surface area contributed by atoms with Crippen molar-refractivity contribution in [3.63, 3.8) is 0 Å². The summed E-state index contributed by atoms with van der Waals surface area (Å²) in [5.41, 5.74) is 0. The van der Waals surface area contributed by atoms with Crippen LogP contribution in [0, 0.1) is 5.92 Å². The second-order valence-electron chi connectivity index (χ2n) is 6.59. The van der Waals surface area contributed by atoms with Crippen LogP contribution >= 0.6 is 0 Å². The van der Waals surface area contributed by atoms with Crippen molar-refractivity contribution in [2.24, 2.45) is 5.92 Å². The highest BCUT2D eigenvalue weighted by molar-refractivity contribution is 5.77. The Balaban J connectivity index is 3.69. The zero-order valence-electron chi connectivity index (χ0n) is 15.6. The largest absolute Gasteiger partial charge is 0.480 e. The zero-order chi connectivity index (χ0) is 18.0. The third kappa shape index (κ3) is 15.8. The van der Waals surface area contributed by atoms with Crippen molar-refractivity contribution in [2.75, 3.05) is 19.8 Å². The summed E-state index contributed by atoms with van der Waals surface area (Å²) in [4.78, 5) is 21.7. The fourth-order valence-electron chi connectivity index (χ4n) is 2.85. The molecule has 5 nitrogen and oxygen atoms in total. The van der Waals surface area contributed by atoms with Gasteiger partial charge < -0.3 is 15.2 Å². The molecule has 0 radical (unpaired) electrons. The first-order valence-corrected chi connectivity index (χ1v) is 9.66. The highest BCUT2D eigenvalue weighted by atomic mass is 16.5. The van der Waals surface area contributed by atoms with Crippen LogP contribution in [0.3, 0.4) is 0 Å². The molecule has 0 saturated heterocycles. The molecule has 0 fully saturated rings. The normalized spacial score (nSPS) is 12.1. The molecule has 0 heterocycles. The highest BCUT2D eigenvalue weighted by Crippen LogP contribution is 2.22. The second kappa shape index (κ2) is 16.7. The van der Waals surface area contributed by atoms with E-state index in [2.05, 4.69) is 19.2 Å². The SMILES string of the molecule is CCCCCCC(CCCC)CCCCNC(=O)COCC(=O)O. The molecule has 0 spiro atoms. The molecule has 0 aliphatic carbocycles. The molecule has 0 bridgehead atoms. The van der Waals surface area contributed by atoms with Gasteiger partial charge in [0.25, 0.3) is 0 Å². The number of aliphatic carboxylic acids is 1. The summed E-state index contributed by atoms with van der Waals surface area (Å²) < 4.78 is 4.75. The van der Waals surface area contributed by atoms with Crippen LogP contribution in [0.1, 0.15) is 84.5 Å². The first-order valence-electron chi connectivity index (χ1n) is 9.66. The van der Waals surface area contributed by atoms with Crippen LogP contribution < -0.4 is 5.32 Å². The van der Waals surface area contributed by atoms with Crippen molar-refractivity contribution in [1.82, 2.24) is 5.32 Å². The van der Waals surface area contributed by atoms with Gasteiger partial charge in [-0.2, -0.15) is 0 Å². The smallest absolute Gasteiger partial charge is 0.329 e. The average molecular weight is 344 g/mol. The van der Waals surface area contributed by atoms with E-state index >= 15 is 0 Å². The predicted molar refractivity (Wildman–Crippen MR) is 97.1 cm³/mol. The molecule has 0 aromatic rings. The minimum absolute atomic E-state index is 0.178. The summed E-state index contributed by atoms with van der Waals surface area (Å²) in [7, 11) is 0. The summed E-state index contributed by atoms with van der Waals surface area (Å²) in [5, 5.41) is 11.2. The summed E-state index contributed by atoms with van der Waals surface area (Å²) in [6, 6.07) is 0. The molecule has 1 unspecified atom stereocenters. The van der Waals surface area contributed by atoms with Crippen molar-refractivity contribution < 1.29 is 19.4 Å². The van der Waals surface area contributed by atoms with Crippen LogP contribution in [0.4, 0.5) is 0 Å². The first-order chi connectivity index (χ1) is 11.6. The van der Waals surface area contributed by atoms with Gasteiger partial charge in [0.15, 0.2) is 0 Å². The number of rotatable bonds is 17. The molecule has 5 heteroatoms. The van der Waals surface area contributed by atoms with Gasteiger partial charge in [-0.25, -0.2) is 4.79 Å². The molecule has 24 heavy (non-hydrogen) atoms. The van der Waals surface area contributed by atoms with Crippen LogP contribution in [0.5, 0.6) is 0 Å². The van der Waals surface area contributed by atoms with E-state index in [1.54, 1.807) is 0 Å². The maximum absolute atomic E-state index is 11.4. The number of carboxylic acid groups (broad SMARTS) is 1. The number of carbonyl (C=O) groups excluding carboxylic acids is 1. The van der Waals surface area contributed by atoms with E-state index < -0.39 is 12.6 Å². The maximum atomic E-state index is 11.4. The van der Waals surface area contributed by atoms with Gasteiger partial charge in [-0.3, -0.25) is 4.79 Å². The lowest BCUT2D eigenvalue weighted by Crippen LogP contribution is -2.29. The third-order valence-corrected chi connectivity index (χ3v) is 4.25. The van der Waals surface area contributed by atoms with Gasteiger partial charge in [0, 0.05) is 6.54 Å². The van der Waals surface area contributed by atoms with Crippen molar-refractivity contribution in [2.45, 2.75) is 84.5 Å². The zero-order valence-corrected chi connectivity index (χ0v) is 15.6. The van der Waals surface area contributed by atoms with Gasteiger partial charge in [-0.1, -0.05) is 78.1 Å². The van der Waals surface area contributed by atoms with Gasteiger partial charge in [0.05, 0.1) is 0 Å². The van der Waals surface area contributed by atoms with E-state index in [4.69, 9.17) is 9.84 Å². The number of carbonyl (C=O) groups is 2. The van der Waals surface area contributed by atoms with Crippen molar-refractivity contribution >= 4 is 11.9 Å². The minimum Gasteiger partial charge on any atom is -0.480 e. The first kappa shape index (κ1) is 22.9. The van der Waals surface area contributed by atoms with E-state index in [-0.39, 0.29) is 12.5 Å². The summed E-state index contributed by atoms with van der Waals surface area (Å²) >= 11 is 0. The Labute approximate surface area is 147 Å². The summed E-state index contributed by atoms with van der Waals surface area (Å²) in [6.07, 6.45) is 13.9. The molecule has 142 valence electrons. The van der Waals surface area contributed by atoms with E-state index in [9.17, 15) is 9.59 Å². The minimum atomic E-state index is -1.06. The standard InChI is InChI=1S/C19H37NO4/c1-3-5-7-8-12-17(11-6-4-2)13-9-10-14-20-18(21)15-24-16-19(22)23/h17H,3-16H2,1-2H3,(H,20,21)(H,22,23). The van der Waals surface area contributed by atoms with Crippen molar-refractivity contribution in [1.29, 1.82) is 0 Å². The van der Waals surface area contributed by atoms with Crippen LogP contribution in [0.2, 0.25) is 0 Å². The molecular weight excluding hydrogens is 306 g/mol. The lowest BCUT2D eigenvalue weighted by Gasteiger charge is -2.16. The lowest BCUT2D eigenvalue weighted by atomic mass is 9.90. The number of hydrogen-bond donors (Lipinski definition) is 2. The average Bonchev–Trinajstić information content (AvgIpc) is 2.55. The number of ether oxygens (including phenoxy) is 1. The van der Waals surface area contributed by atoms with Crippen molar-refractivity contribution in [3.8, 4) is 0 Å². The van der Waals surface area contributed by atoms with E-state index in [1.165, 1.54) is 57.8 Å². The molecule has 2 N–H and O–H groups in total. The fourth-order valence-corrected chi connectivity index (χ4v) is 2.85. The Hall–Kier alpha value is -1.10. The van der Waals surface area contributed by atoms with Gasteiger partial charge in [-0.15, -0.1) is 0 Å². The van der Waals surface area contributed by atoms with Crippen LogP contribution in [-0.2, 0) is 14.3 Å². The second-order valence-corrected chi connectivity index (χ2v) is 6.59. The van der Waals surface area contributed by atoms with E-state index in [0.717, 1.165) is 18.8 Å². The van der Waals surface area contributed by atoms with Crippen LogP contribution in [0.25, 0.3) is 0 Å². The fraction of sp³-hybridized carbons (Fsp3) is 0.895. The monoisotopic (exact) mass is 343 g/mol. The molecule has 0 aliphatic rings. The third-order valence-electron chi connectivity index (χ3n) is 4.25. The molecule has 0 aliphatic heterocycles. The molecule has 0 rings (SSSR count). The molecule has 1 atom stereocenters. The van der Waals surface area contributed by atoms with Gasteiger partial charge in [-0.05, 0) is 12.3 Å². The number of hydrogen-bond acceptors (Lipinski definition) is 3. The molecule has 0 aromatic heterocycles.